The van der Waals surface area contributed by atoms with Crippen LogP contribution in [0.5, 0.6) is 5.75 Å². The second-order valence-corrected chi connectivity index (χ2v) is 4.73. The average molecular weight is 279 g/mol. The molecule has 0 aliphatic heterocycles. The van der Waals surface area contributed by atoms with Crippen molar-refractivity contribution in [3.8, 4) is 11.8 Å². The number of Topliss-reactive ketones (excluding diaryl/α,β-unsaturated/α-hetero) is 1. The summed E-state index contributed by atoms with van der Waals surface area (Å²) in [7, 11) is 0. The third-order valence-corrected chi connectivity index (χ3v) is 3.26. The van der Waals surface area contributed by atoms with Crippen LogP contribution in [0.1, 0.15) is 30.4 Å². The Morgan fingerprint density at radius 3 is 2.38 bits per heavy atom. The quantitative estimate of drug-likeness (QED) is 0.807. The van der Waals surface area contributed by atoms with Crippen LogP contribution in [-0.2, 0) is 11.4 Å². The van der Waals surface area contributed by atoms with Gasteiger partial charge in [0.15, 0.2) is 5.78 Å². The van der Waals surface area contributed by atoms with E-state index in [1.54, 1.807) is 31.2 Å². The summed E-state index contributed by atoms with van der Waals surface area (Å²) in [5, 5.41) is 9.10. The van der Waals surface area contributed by atoms with E-state index in [4.69, 9.17) is 10.00 Å². The van der Waals surface area contributed by atoms with Crippen molar-refractivity contribution in [2.45, 2.75) is 25.9 Å². The highest BCUT2D eigenvalue weighted by atomic mass is 16.5. The van der Waals surface area contributed by atoms with E-state index in [2.05, 4.69) is 6.07 Å². The van der Waals surface area contributed by atoms with Gasteiger partial charge in [-0.2, -0.15) is 5.26 Å². The standard InChI is InChI=1S/C18H17NO2/c1-2-18(20)17(12-19)15-8-10-16(11-9-15)21-13-14-6-4-3-5-7-14/h3-11,17H,2,13H2,1H3. The molecule has 0 N–H and O–H groups in total. The van der Waals surface area contributed by atoms with Crippen LogP contribution in [0.15, 0.2) is 54.6 Å². The van der Waals surface area contributed by atoms with Crippen molar-refractivity contribution < 1.29 is 9.53 Å². The maximum atomic E-state index is 11.7. The highest BCUT2D eigenvalue weighted by molar-refractivity contribution is 5.88. The summed E-state index contributed by atoms with van der Waals surface area (Å²) in [5.41, 5.74) is 1.81. The van der Waals surface area contributed by atoms with Gasteiger partial charge in [0, 0.05) is 6.42 Å². The lowest BCUT2D eigenvalue weighted by Crippen LogP contribution is -2.09. The lowest BCUT2D eigenvalue weighted by atomic mass is 9.95. The molecule has 3 nitrogen and oxygen atoms in total. The number of ether oxygens (including phenoxy) is 1. The van der Waals surface area contributed by atoms with Gasteiger partial charge in [-0.25, -0.2) is 0 Å². The van der Waals surface area contributed by atoms with Crippen molar-refractivity contribution in [1.29, 1.82) is 5.26 Å². The SMILES string of the molecule is CCC(=O)C(C#N)c1ccc(OCc2ccccc2)cc1. The zero-order valence-corrected chi connectivity index (χ0v) is 12.0. The summed E-state index contributed by atoms with van der Waals surface area (Å²) >= 11 is 0. The Labute approximate surface area is 124 Å². The largest absolute Gasteiger partial charge is 0.489 e. The molecule has 2 aromatic carbocycles. The molecule has 0 aliphatic rings. The Bertz CT molecular complexity index is 627. The Morgan fingerprint density at radius 1 is 1.14 bits per heavy atom. The number of nitrogens with zero attached hydrogens (tertiary/aromatic N) is 1. The summed E-state index contributed by atoms with van der Waals surface area (Å²) in [5.74, 6) is -0.0168. The van der Waals surface area contributed by atoms with Gasteiger partial charge in [-0.05, 0) is 23.3 Å². The fraction of sp³-hybridized carbons (Fsp3) is 0.222. The van der Waals surface area contributed by atoms with E-state index >= 15 is 0 Å². The molecule has 1 atom stereocenters. The van der Waals surface area contributed by atoms with Crippen molar-refractivity contribution >= 4 is 5.78 Å². The third-order valence-electron chi connectivity index (χ3n) is 3.26. The predicted octanol–water partition coefficient (Wildman–Crippen LogP) is 3.85. The number of carbonyl (C=O) groups excluding carboxylic acids is 1. The third kappa shape index (κ3) is 3.93. The second kappa shape index (κ2) is 7.25. The summed E-state index contributed by atoms with van der Waals surface area (Å²) in [4.78, 5) is 11.7. The number of ketones is 1. The molecule has 3 heteroatoms. The maximum Gasteiger partial charge on any atom is 0.154 e. The minimum Gasteiger partial charge on any atom is -0.489 e. The average Bonchev–Trinajstić information content (AvgIpc) is 2.55. The van der Waals surface area contributed by atoms with Gasteiger partial charge >= 0.3 is 0 Å². The van der Waals surface area contributed by atoms with Gasteiger partial charge < -0.3 is 4.74 Å². The summed E-state index contributed by atoms with van der Waals surface area (Å²) < 4.78 is 5.68. The van der Waals surface area contributed by atoms with Crippen LogP contribution in [0.25, 0.3) is 0 Å². The van der Waals surface area contributed by atoms with Crippen molar-refractivity contribution in [2.75, 3.05) is 0 Å². The smallest absolute Gasteiger partial charge is 0.154 e. The van der Waals surface area contributed by atoms with Gasteiger partial charge in [0.05, 0.1) is 6.07 Å². The number of hydrogen-bond donors (Lipinski definition) is 0. The first-order chi connectivity index (χ1) is 10.2. The van der Waals surface area contributed by atoms with Crippen LogP contribution in [0.3, 0.4) is 0 Å². The van der Waals surface area contributed by atoms with Crippen molar-refractivity contribution in [1.82, 2.24) is 0 Å². The Morgan fingerprint density at radius 2 is 1.81 bits per heavy atom. The van der Waals surface area contributed by atoms with Gasteiger partial charge in [0.25, 0.3) is 0 Å². The van der Waals surface area contributed by atoms with E-state index in [1.807, 2.05) is 30.3 Å². The molecular weight excluding hydrogens is 262 g/mol. The molecular formula is C18H17NO2. The van der Waals surface area contributed by atoms with E-state index in [-0.39, 0.29) is 5.78 Å². The van der Waals surface area contributed by atoms with Gasteiger partial charge in [0.2, 0.25) is 0 Å². The van der Waals surface area contributed by atoms with Gasteiger partial charge in [-0.1, -0.05) is 49.4 Å². The molecule has 2 aromatic rings. The molecule has 0 aliphatic carbocycles. The molecule has 106 valence electrons. The summed E-state index contributed by atoms with van der Waals surface area (Å²) in [6, 6.07) is 19.1. The minimum atomic E-state index is -0.682. The number of benzene rings is 2. The maximum absolute atomic E-state index is 11.7. The Balaban J connectivity index is 2.02. The lowest BCUT2D eigenvalue weighted by Gasteiger charge is -2.09. The Kier molecular flexibility index (Phi) is 5.11. The van der Waals surface area contributed by atoms with Gasteiger partial charge in [-0.3, -0.25) is 4.79 Å². The molecule has 0 saturated heterocycles. The van der Waals surface area contributed by atoms with Crippen molar-refractivity contribution in [2.24, 2.45) is 0 Å². The first-order valence-corrected chi connectivity index (χ1v) is 6.93. The zero-order chi connectivity index (χ0) is 15.1. The Hall–Kier alpha value is -2.60. The molecule has 0 bridgehead atoms. The van der Waals surface area contributed by atoms with E-state index in [0.29, 0.717) is 13.0 Å². The number of nitriles is 1. The molecule has 0 aromatic heterocycles. The normalized spacial score (nSPS) is 11.4. The zero-order valence-electron chi connectivity index (χ0n) is 12.0. The highest BCUT2D eigenvalue weighted by Gasteiger charge is 2.17. The molecule has 1 unspecified atom stereocenters. The van der Waals surface area contributed by atoms with Crippen LogP contribution < -0.4 is 4.74 Å². The van der Waals surface area contributed by atoms with Crippen molar-refractivity contribution in [3.63, 3.8) is 0 Å². The number of carbonyl (C=O) groups is 1. The summed E-state index contributed by atoms with van der Waals surface area (Å²) in [6.45, 7) is 2.26. The lowest BCUT2D eigenvalue weighted by molar-refractivity contribution is -0.119. The molecule has 0 radical (unpaired) electrons. The van der Waals surface area contributed by atoms with E-state index in [1.165, 1.54) is 0 Å². The first-order valence-electron chi connectivity index (χ1n) is 6.93. The van der Waals surface area contributed by atoms with Crippen LogP contribution in [0.2, 0.25) is 0 Å². The molecule has 21 heavy (non-hydrogen) atoms. The topological polar surface area (TPSA) is 50.1 Å². The van der Waals surface area contributed by atoms with Gasteiger partial charge in [-0.15, -0.1) is 0 Å². The first kappa shape index (κ1) is 14.8. The van der Waals surface area contributed by atoms with Crippen molar-refractivity contribution in [3.05, 3.63) is 65.7 Å². The van der Waals surface area contributed by atoms with Crippen LogP contribution in [0.4, 0.5) is 0 Å². The molecule has 0 saturated carbocycles. The predicted molar refractivity (Wildman–Crippen MR) is 80.9 cm³/mol. The van der Waals surface area contributed by atoms with Gasteiger partial charge in [0.1, 0.15) is 18.3 Å². The molecule has 0 fully saturated rings. The molecule has 2 rings (SSSR count). The highest BCUT2D eigenvalue weighted by Crippen LogP contribution is 2.21. The molecule has 0 amide bonds. The fourth-order valence-electron chi connectivity index (χ4n) is 2.03. The number of hydrogen-bond acceptors (Lipinski definition) is 3. The molecule has 0 heterocycles. The molecule has 0 spiro atoms. The monoisotopic (exact) mass is 279 g/mol. The van der Waals surface area contributed by atoms with Crippen LogP contribution >= 0.6 is 0 Å². The summed E-state index contributed by atoms with van der Waals surface area (Å²) in [6.07, 6.45) is 0.366. The number of rotatable bonds is 6. The van der Waals surface area contributed by atoms with Crippen LogP contribution in [0, 0.1) is 11.3 Å². The van der Waals surface area contributed by atoms with E-state index < -0.39 is 5.92 Å². The second-order valence-electron chi connectivity index (χ2n) is 4.73. The minimum absolute atomic E-state index is 0.0598. The van der Waals surface area contributed by atoms with E-state index in [0.717, 1.165) is 16.9 Å². The fourth-order valence-corrected chi connectivity index (χ4v) is 2.03. The van der Waals surface area contributed by atoms with Crippen LogP contribution in [-0.4, -0.2) is 5.78 Å². The van der Waals surface area contributed by atoms with E-state index in [9.17, 15) is 4.79 Å².